The summed E-state index contributed by atoms with van der Waals surface area (Å²) in [6.45, 7) is 6.37. The number of hydrogen-bond acceptors (Lipinski definition) is 4. The van der Waals surface area contributed by atoms with Crippen LogP contribution in [-0.4, -0.2) is 17.4 Å². The molecular weight excluding hydrogens is 358 g/mol. The zero-order valence-corrected chi connectivity index (χ0v) is 15.5. The predicted molar refractivity (Wildman–Crippen MR) is 105 cm³/mol. The van der Waals surface area contributed by atoms with Crippen LogP contribution in [0.1, 0.15) is 9.75 Å². The molecular formula is C18H16ClN3S2. The van der Waals surface area contributed by atoms with E-state index in [-0.39, 0.29) is 0 Å². The molecule has 24 heavy (non-hydrogen) atoms. The molecule has 122 valence electrons. The smallest absolute Gasteiger partial charge is 0.206 e. The molecule has 6 heteroatoms. The fraction of sp³-hybridized carbons (Fsp3) is 0.111. The largest absolute Gasteiger partial charge is 0.253 e. The van der Waals surface area contributed by atoms with Crippen LogP contribution in [0.5, 0.6) is 0 Å². The van der Waals surface area contributed by atoms with Crippen LogP contribution in [0.3, 0.4) is 0 Å². The maximum atomic E-state index is 6.13. The van der Waals surface area contributed by atoms with Crippen molar-refractivity contribution >= 4 is 40.5 Å². The van der Waals surface area contributed by atoms with Gasteiger partial charge < -0.3 is 0 Å². The van der Waals surface area contributed by atoms with E-state index in [2.05, 4.69) is 35.7 Å². The van der Waals surface area contributed by atoms with Gasteiger partial charge in [0.1, 0.15) is 0 Å². The van der Waals surface area contributed by atoms with E-state index in [0.717, 1.165) is 20.9 Å². The van der Waals surface area contributed by atoms with E-state index in [1.165, 1.54) is 4.88 Å². The Hall–Kier alpha value is -1.95. The Labute approximate surface area is 153 Å². The second-order valence-electron chi connectivity index (χ2n) is 5.05. The van der Waals surface area contributed by atoms with Gasteiger partial charge >= 0.3 is 0 Å². The molecule has 0 aliphatic heterocycles. The standard InChI is InChI=1S/C18H16ClN3S2/c1-3-9-20-18-22(21-11-16-8-7-13(2)24-16)17(12-23-18)14-5-4-6-15(19)10-14/h3-8,10-12H,1,9H2,2H3. The average Bonchev–Trinajstić information content (AvgIpc) is 3.17. The molecule has 0 bridgehead atoms. The number of aromatic nitrogens is 1. The van der Waals surface area contributed by atoms with E-state index in [1.807, 2.05) is 40.5 Å². The summed E-state index contributed by atoms with van der Waals surface area (Å²) in [6, 6.07) is 11.9. The monoisotopic (exact) mass is 373 g/mol. The van der Waals surface area contributed by atoms with E-state index < -0.39 is 0 Å². The molecule has 0 N–H and O–H groups in total. The molecule has 3 nitrogen and oxygen atoms in total. The van der Waals surface area contributed by atoms with Crippen LogP contribution >= 0.6 is 34.3 Å². The molecule has 0 aliphatic rings. The number of benzene rings is 1. The molecule has 0 fully saturated rings. The van der Waals surface area contributed by atoms with Crippen molar-refractivity contribution in [2.75, 3.05) is 6.54 Å². The first-order valence-corrected chi connectivity index (χ1v) is 9.43. The van der Waals surface area contributed by atoms with Gasteiger partial charge in [-0.3, -0.25) is 4.99 Å². The van der Waals surface area contributed by atoms with Crippen molar-refractivity contribution in [3.8, 4) is 11.3 Å². The van der Waals surface area contributed by atoms with Gasteiger partial charge in [0.25, 0.3) is 0 Å². The summed E-state index contributed by atoms with van der Waals surface area (Å²) < 4.78 is 1.86. The predicted octanol–water partition coefficient (Wildman–Crippen LogP) is 5.21. The van der Waals surface area contributed by atoms with Crippen molar-refractivity contribution in [1.29, 1.82) is 0 Å². The van der Waals surface area contributed by atoms with Crippen LogP contribution in [0.4, 0.5) is 0 Å². The highest BCUT2D eigenvalue weighted by Gasteiger charge is 2.08. The summed E-state index contributed by atoms with van der Waals surface area (Å²) >= 11 is 9.40. The number of rotatable bonds is 5. The van der Waals surface area contributed by atoms with Crippen LogP contribution < -0.4 is 4.80 Å². The SMILES string of the molecule is C=CCN=c1scc(-c2cccc(Cl)c2)n1N=Cc1ccc(C)s1. The zero-order valence-electron chi connectivity index (χ0n) is 13.1. The highest BCUT2D eigenvalue weighted by Crippen LogP contribution is 2.23. The Balaban J connectivity index is 2.08. The van der Waals surface area contributed by atoms with Gasteiger partial charge in [-0.25, -0.2) is 4.68 Å². The van der Waals surface area contributed by atoms with Crippen LogP contribution in [0, 0.1) is 6.92 Å². The molecule has 1 aromatic carbocycles. The van der Waals surface area contributed by atoms with Gasteiger partial charge in [-0.05, 0) is 31.2 Å². The third-order valence-corrected chi connectivity index (χ3v) is 5.25. The lowest BCUT2D eigenvalue weighted by Crippen LogP contribution is -2.12. The first-order valence-electron chi connectivity index (χ1n) is 7.36. The third kappa shape index (κ3) is 3.93. The Morgan fingerprint density at radius 3 is 2.88 bits per heavy atom. The van der Waals surface area contributed by atoms with E-state index in [4.69, 9.17) is 11.6 Å². The molecule has 0 radical (unpaired) electrons. The number of thiazole rings is 1. The van der Waals surface area contributed by atoms with Crippen molar-refractivity contribution < 1.29 is 0 Å². The van der Waals surface area contributed by atoms with Gasteiger partial charge in [-0.2, -0.15) is 5.10 Å². The summed E-state index contributed by atoms with van der Waals surface area (Å²) in [5, 5.41) is 7.40. The van der Waals surface area contributed by atoms with Crippen LogP contribution in [0.25, 0.3) is 11.3 Å². The average molecular weight is 374 g/mol. The molecule has 0 saturated carbocycles. The van der Waals surface area contributed by atoms with E-state index in [1.54, 1.807) is 28.7 Å². The topological polar surface area (TPSA) is 29.6 Å². The molecule has 2 heterocycles. The molecule has 0 spiro atoms. The number of aryl methyl sites for hydroxylation is 1. The molecule has 3 aromatic rings. The van der Waals surface area contributed by atoms with E-state index in [0.29, 0.717) is 11.6 Å². The minimum atomic E-state index is 0.559. The van der Waals surface area contributed by atoms with Crippen LogP contribution in [-0.2, 0) is 0 Å². The minimum Gasteiger partial charge on any atom is -0.253 e. The summed E-state index contributed by atoms with van der Waals surface area (Å²) in [5.41, 5.74) is 1.98. The lowest BCUT2D eigenvalue weighted by Gasteiger charge is -2.03. The molecule has 3 rings (SSSR count). The maximum absolute atomic E-state index is 6.13. The van der Waals surface area contributed by atoms with Crippen molar-refractivity contribution in [3.63, 3.8) is 0 Å². The van der Waals surface area contributed by atoms with Gasteiger partial charge in [0.05, 0.1) is 18.5 Å². The highest BCUT2D eigenvalue weighted by atomic mass is 35.5. The van der Waals surface area contributed by atoms with Crippen molar-refractivity contribution in [3.05, 3.63) is 74.0 Å². The number of thiophene rings is 1. The van der Waals surface area contributed by atoms with Crippen LogP contribution in [0.2, 0.25) is 5.02 Å². The minimum absolute atomic E-state index is 0.559. The fourth-order valence-corrected chi connectivity index (χ4v) is 3.93. The van der Waals surface area contributed by atoms with Gasteiger partial charge in [-0.15, -0.1) is 29.3 Å². The molecule has 2 aromatic heterocycles. The van der Waals surface area contributed by atoms with Gasteiger partial charge in [0.2, 0.25) is 4.80 Å². The second-order valence-corrected chi connectivity index (χ2v) is 7.64. The zero-order chi connectivity index (χ0) is 16.9. The van der Waals surface area contributed by atoms with Crippen LogP contribution in [0.15, 0.2) is 64.5 Å². The molecule has 0 unspecified atom stereocenters. The van der Waals surface area contributed by atoms with E-state index in [9.17, 15) is 0 Å². The van der Waals surface area contributed by atoms with Crippen molar-refractivity contribution in [2.24, 2.45) is 10.1 Å². The van der Waals surface area contributed by atoms with Gasteiger partial charge in [0.15, 0.2) is 0 Å². The van der Waals surface area contributed by atoms with Gasteiger partial charge in [0, 0.05) is 25.7 Å². The first kappa shape index (κ1) is 16.9. The molecule has 0 amide bonds. The number of halogens is 1. The molecule has 0 aliphatic carbocycles. The molecule has 0 saturated heterocycles. The van der Waals surface area contributed by atoms with Crippen molar-refractivity contribution in [1.82, 2.24) is 4.68 Å². The lowest BCUT2D eigenvalue weighted by molar-refractivity contribution is 0.841. The number of hydrogen-bond donors (Lipinski definition) is 0. The Bertz CT molecular complexity index is 947. The van der Waals surface area contributed by atoms with Gasteiger partial charge in [-0.1, -0.05) is 29.8 Å². The third-order valence-electron chi connectivity index (χ3n) is 3.22. The highest BCUT2D eigenvalue weighted by molar-refractivity contribution is 7.13. The maximum Gasteiger partial charge on any atom is 0.206 e. The van der Waals surface area contributed by atoms with Crippen molar-refractivity contribution in [2.45, 2.75) is 6.92 Å². The van der Waals surface area contributed by atoms with E-state index >= 15 is 0 Å². The number of nitrogens with zero attached hydrogens (tertiary/aromatic N) is 3. The Morgan fingerprint density at radius 1 is 1.29 bits per heavy atom. The Kier molecular flexibility index (Phi) is 5.45. The Morgan fingerprint density at radius 2 is 2.17 bits per heavy atom. The normalized spacial score (nSPS) is 12.2. The first-order chi connectivity index (χ1) is 11.7. The summed E-state index contributed by atoms with van der Waals surface area (Å²) in [6.07, 6.45) is 3.64. The summed E-state index contributed by atoms with van der Waals surface area (Å²) in [7, 11) is 0. The second kappa shape index (κ2) is 7.75. The summed E-state index contributed by atoms with van der Waals surface area (Å²) in [5.74, 6) is 0. The lowest BCUT2D eigenvalue weighted by atomic mass is 10.2. The molecule has 0 atom stereocenters. The fourth-order valence-electron chi connectivity index (χ4n) is 2.15. The summed E-state index contributed by atoms with van der Waals surface area (Å²) in [4.78, 5) is 7.73. The quantitative estimate of drug-likeness (QED) is 0.434.